The van der Waals surface area contributed by atoms with Gasteiger partial charge in [0.05, 0.1) is 16.9 Å². The van der Waals surface area contributed by atoms with E-state index in [2.05, 4.69) is 4.72 Å². The third-order valence-electron chi connectivity index (χ3n) is 2.98. The second-order valence-corrected chi connectivity index (χ2v) is 6.81. The Kier molecular flexibility index (Phi) is 5.58. The minimum absolute atomic E-state index is 0.336. The number of nitrogens with one attached hydrogen (secondary N) is 1. The molecule has 0 aromatic heterocycles. The van der Waals surface area contributed by atoms with Crippen molar-refractivity contribution < 1.29 is 31.5 Å². The molecule has 0 unspecified atom stereocenters. The summed E-state index contributed by atoms with van der Waals surface area (Å²) in [6.07, 6.45) is -5.13. The van der Waals surface area contributed by atoms with Gasteiger partial charge in [0, 0.05) is 6.04 Å². The number of carbonyl (C=O) groups is 1. The Hall–Kier alpha value is -1.61. The summed E-state index contributed by atoms with van der Waals surface area (Å²) in [6, 6.07) is 2.36. The van der Waals surface area contributed by atoms with Gasteiger partial charge < -0.3 is 5.11 Å². The molecule has 1 aromatic rings. The highest BCUT2D eigenvalue weighted by molar-refractivity contribution is 7.89. The Morgan fingerprint density at radius 3 is 2.36 bits per heavy atom. The molecule has 2 N–H and O–H groups in total. The standard InChI is InChI=1S/C13H16F3NO4S/c1-8(2)11(7-12(18)19)17-22(20,21)10-5-3-4-9(6-10)13(14,15)16/h3-6,8,11,17H,7H2,1-2H3,(H,18,19)/t11-/m1/s1. The second kappa shape index (κ2) is 6.66. The monoisotopic (exact) mass is 339 g/mol. The number of rotatable bonds is 6. The lowest BCUT2D eigenvalue weighted by Gasteiger charge is -2.20. The van der Waals surface area contributed by atoms with Gasteiger partial charge in [-0.15, -0.1) is 0 Å². The molecule has 0 radical (unpaired) electrons. The van der Waals surface area contributed by atoms with Gasteiger partial charge in [-0.2, -0.15) is 13.2 Å². The Labute approximate surface area is 126 Å². The van der Waals surface area contributed by atoms with Crippen molar-refractivity contribution in [3.05, 3.63) is 29.8 Å². The first-order valence-electron chi connectivity index (χ1n) is 6.35. The van der Waals surface area contributed by atoms with E-state index in [1.54, 1.807) is 13.8 Å². The molecule has 1 aromatic carbocycles. The van der Waals surface area contributed by atoms with Crippen molar-refractivity contribution in [2.45, 2.75) is 37.4 Å². The molecule has 1 atom stereocenters. The highest BCUT2D eigenvalue weighted by Crippen LogP contribution is 2.30. The largest absolute Gasteiger partial charge is 0.481 e. The fourth-order valence-electron chi connectivity index (χ4n) is 1.71. The van der Waals surface area contributed by atoms with Crippen LogP contribution in [0, 0.1) is 5.92 Å². The molecule has 5 nitrogen and oxygen atoms in total. The van der Waals surface area contributed by atoms with E-state index >= 15 is 0 Å². The predicted molar refractivity (Wildman–Crippen MR) is 72.6 cm³/mol. The normalized spacial score (nSPS) is 14.1. The van der Waals surface area contributed by atoms with Crippen LogP contribution < -0.4 is 4.72 Å². The SMILES string of the molecule is CC(C)[C@@H](CC(=O)O)NS(=O)(=O)c1cccc(C(F)(F)F)c1. The Morgan fingerprint density at radius 1 is 1.32 bits per heavy atom. The van der Waals surface area contributed by atoms with Crippen molar-refractivity contribution in [3.8, 4) is 0 Å². The first-order chi connectivity index (χ1) is 9.93. The molecule has 9 heteroatoms. The summed E-state index contributed by atoms with van der Waals surface area (Å²) < 4.78 is 64.3. The van der Waals surface area contributed by atoms with Gasteiger partial charge in [0.1, 0.15) is 0 Å². The van der Waals surface area contributed by atoms with Crippen LogP contribution in [0.3, 0.4) is 0 Å². The zero-order valence-corrected chi connectivity index (χ0v) is 12.7. The smallest absolute Gasteiger partial charge is 0.416 e. The lowest BCUT2D eigenvalue weighted by Crippen LogP contribution is -2.40. The van der Waals surface area contributed by atoms with Crippen LogP contribution in [0.25, 0.3) is 0 Å². The molecule has 0 heterocycles. The van der Waals surface area contributed by atoms with Crippen molar-refractivity contribution >= 4 is 16.0 Å². The van der Waals surface area contributed by atoms with Crippen LogP contribution in [0.2, 0.25) is 0 Å². The van der Waals surface area contributed by atoms with Gasteiger partial charge in [-0.05, 0) is 24.1 Å². The van der Waals surface area contributed by atoms with Gasteiger partial charge in [0.2, 0.25) is 10.0 Å². The van der Waals surface area contributed by atoms with Crippen LogP contribution in [0.1, 0.15) is 25.8 Å². The fourth-order valence-corrected chi connectivity index (χ4v) is 3.14. The zero-order valence-electron chi connectivity index (χ0n) is 11.9. The molecule has 0 fully saturated rings. The zero-order chi connectivity index (χ0) is 17.1. The molecule has 0 spiro atoms. The van der Waals surface area contributed by atoms with Crippen LogP contribution in [0.15, 0.2) is 29.2 Å². The van der Waals surface area contributed by atoms with Gasteiger partial charge in [-0.25, -0.2) is 13.1 Å². The van der Waals surface area contributed by atoms with Gasteiger partial charge >= 0.3 is 12.1 Å². The number of carboxylic acid groups (broad SMARTS) is 1. The second-order valence-electron chi connectivity index (χ2n) is 5.10. The Bertz CT molecular complexity index is 641. The molecule has 1 rings (SSSR count). The third-order valence-corrected chi connectivity index (χ3v) is 4.47. The molecule has 0 saturated heterocycles. The van der Waals surface area contributed by atoms with E-state index in [4.69, 9.17) is 5.11 Å². The van der Waals surface area contributed by atoms with Crippen molar-refractivity contribution in [2.24, 2.45) is 5.92 Å². The van der Waals surface area contributed by atoms with E-state index in [9.17, 15) is 26.4 Å². The van der Waals surface area contributed by atoms with Crippen LogP contribution >= 0.6 is 0 Å². The fraction of sp³-hybridized carbons (Fsp3) is 0.462. The topological polar surface area (TPSA) is 83.5 Å². The number of carboxylic acids is 1. The number of alkyl halides is 3. The van der Waals surface area contributed by atoms with Crippen molar-refractivity contribution in [1.82, 2.24) is 4.72 Å². The van der Waals surface area contributed by atoms with Crippen LogP contribution in [0.4, 0.5) is 13.2 Å². The molecule has 0 aliphatic rings. The number of halogens is 3. The minimum Gasteiger partial charge on any atom is -0.481 e. The average Bonchev–Trinajstić information content (AvgIpc) is 2.36. The Balaban J connectivity index is 3.11. The molecule has 124 valence electrons. The van der Waals surface area contributed by atoms with Gasteiger partial charge in [0.25, 0.3) is 0 Å². The summed E-state index contributed by atoms with van der Waals surface area (Å²) >= 11 is 0. The minimum atomic E-state index is -4.66. The quantitative estimate of drug-likeness (QED) is 0.834. The summed E-state index contributed by atoms with van der Waals surface area (Å²) in [5.74, 6) is -1.54. The van der Waals surface area contributed by atoms with Gasteiger partial charge in [-0.3, -0.25) is 4.79 Å². The van der Waals surface area contributed by atoms with Crippen LogP contribution in [0.5, 0.6) is 0 Å². The molecule has 0 bridgehead atoms. The highest BCUT2D eigenvalue weighted by Gasteiger charge is 2.32. The van der Waals surface area contributed by atoms with E-state index < -0.39 is 45.1 Å². The maximum Gasteiger partial charge on any atom is 0.416 e. The van der Waals surface area contributed by atoms with E-state index in [1.165, 1.54) is 0 Å². The summed E-state index contributed by atoms with van der Waals surface area (Å²) in [5, 5.41) is 8.77. The predicted octanol–water partition coefficient (Wildman–Crippen LogP) is 2.48. The number of hydrogen-bond donors (Lipinski definition) is 2. The first-order valence-corrected chi connectivity index (χ1v) is 7.83. The van der Waals surface area contributed by atoms with Crippen molar-refractivity contribution in [1.29, 1.82) is 0 Å². The number of hydrogen-bond acceptors (Lipinski definition) is 3. The molecule has 0 aliphatic carbocycles. The lowest BCUT2D eigenvalue weighted by atomic mass is 10.0. The average molecular weight is 339 g/mol. The van der Waals surface area contributed by atoms with Gasteiger partial charge in [-0.1, -0.05) is 19.9 Å². The van der Waals surface area contributed by atoms with E-state index in [0.717, 1.165) is 18.2 Å². The van der Waals surface area contributed by atoms with E-state index in [1.807, 2.05) is 0 Å². The summed E-state index contributed by atoms with van der Waals surface area (Å²) in [4.78, 5) is 10.2. The number of benzene rings is 1. The molecule has 22 heavy (non-hydrogen) atoms. The van der Waals surface area contributed by atoms with E-state index in [-0.39, 0.29) is 5.92 Å². The maximum absolute atomic E-state index is 12.6. The summed E-state index contributed by atoms with van der Waals surface area (Å²) in [6.45, 7) is 3.23. The van der Waals surface area contributed by atoms with Crippen molar-refractivity contribution in [2.75, 3.05) is 0 Å². The summed E-state index contributed by atoms with van der Waals surface area (Å²) in [7, 11) is -4.25. The third kappa shape index (κ3) is 4.99. The number of sulfonamides is 1. The highest BCUT2D eigenvalue weighted by atomic mass is 32.2. The number of aliphatic carboxylic acids is 1. The molecular formula is C13H16F3NO4S. The molecular weight excluding hydrogens is 323 g/mol. The molecule has 0 amide bonds. The molecule has 0 saturated carbocycles. The molecule has 0 aliphatic heterocycles. The lowest BCUT2D eigenvalue weighted by molar-refractivity contribution is -0.138. The first kappa shape index (κ1) is 18.4. The van der Waals surface area contributed by atoms with Crippen molar-refractivity contribution in [3.63, 3.8) is 0 Å². The maximum atomic E-state index is 12.6. The van der Waals surface area contributed by atoms with Crippen LogP contribution in [-0.2, 0) is 21.0 Å². The van der Waals surface area contributed by atoms with E-state index in [0.29, 0.717) is 6.07 Å². The Morgan fingerprint density at radius 2 is 1.91 bits per heavy atom. The van der Waals surface area contributed by atoms with Gasteiger partial charge in [0.15, 0.2) is 0 Å². The van der Waals surface area contributed by atoms with Crippen LogP contribution in [-0.4, -0.2) is 25.5 Å². The summed E-state index contributed by atoms with van der Waals surface area (Å²) in [5.41, 5.74) is -1.09.